The molecule has 3 rings (SSSR count). The summed E-state index contributed by atoms with van der Waals surface area (Å²) in [7, 11) is 0. The van der Waals surface area contributed by atoms with Crippen molar-refractivity contribution >= 4 is 11.7 Å². The van der Waals surface area contributed by atoms with E-state index in [-0.39, 0.29) is 12.0 Å². The highest BCUT2D eigenvalue weighted by Crippen LogP contribution is 2.17. The number of nitrogens with one attached hydrogen (secondary N) is 1. The van der Waals surface area contributed by atoms with Crippen LogP contribution in [0.25, 0.3) is 5.95 Å². The second kappa shape index (κ2) is 7.92. The summed E-state index contributed by atoms with van der Waals surface area (Å²) in [6, 6.07) is 3.67. The molecule has 1 N–H and O–H groups in total. The van der Waals surface area contributed by atoms with E-state index in [1.165, 1.54) is 0 Å². The zero-order chi connectivity index (χ0) is 18.7. The van der Waals surface area contributed by atoms with Gasteiger partial charge in [-0.25, -0.2) is 9.97 Å². The Balaban J connectivity index is 1.70. The number of carbonyl (C=O) groups excluding carboxylic acids is 1. The van der Waals surface area contributed by atoms with Crippen LogP contribution in [-0.4, -0.2) is 51.1 Å². The summed E-state index contributed by atoms with van der Waals surface area (Å²) in [4.78, 5) is 21.3. The summed E-state index contributed by atoms with van der Waals surface area (Å²) < 4.78 is 12.7. The zero-order valence-electron chi connectivity index (χ0n) is 15.7. The minimum Gasteiger partial charge on any atom is -0.376 e. The van der Waals surface area contributed by atoms with Gasteiger partial charge in [-0.2, -0.15) is 9.78 Å². The molecule has 140 valence electrons. The topological polar surface area (TPSA) is 91.2 Å². The second-order valence-corrected chi connectivity index (χ2v) is 6.63. The van der Waals surface area contributed by atoms with Gasteiger partial charge in [-0.1, -0.05) is 0 Å². The highest BCUT2D eigenvalue weighted by Gasteiger charge is 2.21. The van der Waals surface area contributed by atoms with Crippen LogP contribution in [0.4, 0.5) is 5.82 Å². The van der Waals surface area contributed by atoms with Crippen LogP contribution in [0, 0.1) is 20.8 Å². The summed E-state index contributed by atoms with van der Waals surface area (Å²) in [5, 5.41) is 7.26. The first-order valence-corrected chi connectivity index (χ1v) is 8.86. The van der Waals surface area contributed by atoms with E-state index in [4.69, 9.17) is 9.47 Å². The number of hydrogen-bond acceptors (Lipinski definition) is 6. The van der Waals surface area contributed by atoms with Gasteiger partial charge in [0.25, 0.3) is 11.9 Å². The van der Waals surface area contributed by atoms with E-state index in [1.807, 2.05) is 26.8 Å². The number of ether oxygens (including phenoxy) is 2. The predicted molar refractivity (Wildman–Crippen MR) is 96.4 cm³/mol. The Kier molecular flexibility index (Phi) is 5.63. The molecule has 1 amide bonds. The highest BCUT2D eigenvalue weighted by molar-refractivity contribution is 5.93. The number of nitrogens with zero attached hydrogens (tertiary/aromatic N) is 4. The van der Waals surface area contributed by atoms with E-state index in [9.17, 15) is 4.79 Å². The molecule has 2 aromatic heterocycles. The second-order valence-electron chi connectivity index (χ2n) is 6.63. The minimum absolute atomic E-state index is 0.0849. The molecule has 1 fully saturated rings. The molecule has 1 aliphatic heterocycles. The molecular formula is C18H25N5O3. The third-order valence-corrected chi connectivity index (χ3v) is 4.17. The Morgan fingerprint density at radius 2 is 2.04 bits per heavy atom. The van der Waals surface area contributed by atoms with Gasteiger partial charge in [-0.3, -0.25) is 4.79 Å². The van der Waals surface area contributed by atoms with Crippen molar-refractivity contribution in [3.63, 3.8) is 0 Å². The van der Waals surface area contributed by atoms with Crippen molar-refractivity contribution in [3.8, 4) is 5.95 Å². The van der Waals surface area contributed by atoms with Crippen LogP contribution in [0.3, 0.4) is 0 Å². The lowest BCUT2D eigenvalue weighted by molar-refractivity contribution is -0.128. The minimum atomic E-state index is -0.594. The zero-order valence-corrected chi connectivity index (χ0v) is 15.7. The summed E-state index contributed by atoms with van der Waals surface area (Å²) in [5.41, 5.74) is 2.44. The van der Waals surface area contributed by atoms with Crippen LogP contribution in [0.15, 0.2) is 12.1 Å². The van der Waals surface area contributed by atoms with Crippen molar-refractivity contribution in [1.29, 1.82) is 0 Å². The molecule has 1 saturated heterocycles. The lowest BCUT2D eigenvalue weighted by Crippen LogP contribution is -2.31. The summed E-state index contributed by atoms with van der Waals surface area (Å²) in [6.07, 6.45) is 1.51. The maximum atomic E-state index is 12.5. The number of aromatic nitrogens is 4. The maximum absolute atomic E-state index is 12.5. The highest BCUT2D eigenvalue weighted by atomic mass is 16.5. The average molecular weight is 359 g/mol. The van der Waals surface area contributed by atoms with E-state index >= 15 is 0 Å². The summed E-state index contributed by atoms with van der Waals surface area (Å²) in [6.45, 7) is 8.56. The normalized spacial score (nSPS) is 18.1. The van der Waals surface area contributed by atoms with Gasteiger partial charge in [0.15, 0.2) is 0 Å². The van der Waals surface area contributed by atoms with Crippen molar-refractivity contribution in [1.82, 2.24) is 19.7 Å². The molecular weight excluding hydrogens is 334 g/mol. The molecule has 0 aliphatic carbocycles. The van der Waals surface area contributed by atoms with Crippen molar-refractivity contribution in [3.05, 3.63) is 29.2 Å². The molecule has 1 aliphatic rings. The van der Waals surface area contributed by atoms with Gasteiger partial charge in [-0.15, -0.1) is 0 Å². The molecule has 0 spiro atoms. The Labute approximate surface area is 152 Å². The molecule has 26 heavy (non-hydrogen) atoms. The van der Waals surface area contributed by atoms with Crippen LogP contribution in [0.2, 0.25) is 0 Å². The molecule has 3 heterocycles. The number of hydrogen-bond donors (Lipinski definition) is 1. The van der Waals surface area contributed by atoms with Crippen molar-refractivity contribution in [2.24, 2.45) is 0 Å². The number of carbonyl (C=O) groups is 1. The molecule has 8 heteroatoms. The maximum Gasteiger partial charge on any atom is 0.254 e. The van der Waals surface area contributed by atoms with Crippen molar-refractivity contribution in [2.45, 2.75) is 52.7 Å². The van der Waals surface area contributed by atoms with E-state index in [0.717, 1.165) is 36.5 Å². The number of amides is 1. The fourth-order valence-corrected chi connectivity index (χ4v) is 2.87. The van der Waals surface area contributed by atoms with Gasteiger partial charge < -0.3 is 14.8 Å². The molecule has 0 radical (unpaired) electrons. The van der Waals surface area contributed by atoms with Crippen LogP contribution < -0.4 is 5.32 Å². The van der Waals surface area contributed by atoms with Gasteiger partial charge in [0, 0.05) is 24.1 Å². The molecule has 8 nitrogen and oxygen atoms in total. The molecule has 2 unspecified atom stereocenters. The third kappa shape index (κ3) is 4.44. The average Bonchev–Trinajstić information content (AvgIpc) is 3.21. The standard InChI is InChI=1S/C18H25N5O3/c1-11-8-12(2)20-18(19-11)23-16(9-13(3)22-23)21-17(24)14(4)26-10-15-6-5-7-25-15/h8-9,14-15H,5-7,10H2,1-4H3,(H,21,24). The lowest BCUT2D eigenvalue weighted by atomic mass is 10.2. The quantitative estimate of drug-likeness (QED) is 0.849. The monoisotopic (exact) mass is 359 g/mol. The number of aryl methyl sites for hydroxylation is 3. The Morgan fingerprint density at radius 3 is 2.69 bits per heavy atom. The van der Waals surface area contributed by atoms with Crippen LogP contribution in [-0.2, 0) is 14.3 Å². The number of anilines is 1. The smallest absolute Gasteiger partial charge is 0.254 e. The van der Waals surface area contributed by atoms with Crippen molar-refractivity contribution < 1.29 is 14.3 Å². The first-order chi connectivity index (χ1) is 12.4. The first-order valence-electron chi connectivity index (χ1n) is 8.86. The Bertz CT molecular complexity index is 763. The SMILES string of the molecule is Cc1cc(C)nc(-n2nc(C)cc2NC(=O)C(C)OCC2CCCO2)n1. The third-order valence-electron chi connectivity index (χ3n) is 4.17. The predicted octanol–water partition coefficient (Wildman–Crippen LogP) is 2.11. The van der Waals surface area contributed by atoms with Crippen LogP contribution in [0.5, 0.6) is 0 Å². The van der Waals surface area contributed by atoms with Crippen LogP contribution >= 0.6 is 0 Å². The molecule has 0 bridgehead atoms. The van der Waals surface area contributed by atoms with E-state index in [0.29, 0.717) is 18.4 Å². The van der Waals surface area contributed by atoms with E-state index in [2.05, 4.69) is 20.4 Å². The van der Waals surface area contributed by atoms with Crippen LogP contribution in [0.1, 0.15) is 36.8 Å². The molecule has 2 aromatic rings. The van der Waals surface area contributed by atoms with Gasteiger partial charge in [-0.05, 0) is 46.6 Å². The van der Waals surface area contributed by atoms with Gasteiger partial charge in [0.2, 0.25) is 0 Å². The van der Waals surface area contributed by atoms with E-state index in [1.54, 1.807) is 17.7 Å². The summed E-state index contributed by atoms with van der Waals surface area (Å²) in [5.74, 6) is 0.706. The van der Waals surface area contributed by atoms with Gasteiger partial charge in [0.1, 0.15) is 11.9 Å². The largest absolute Gasteiger partial charge is 0.376 e. The van der Waals surface area contributed by atoms with Crippen molar-refractivity contribution in [2.75, 3.05) is 18.5 Å². The lowest BCUT2D eigenvalue weighted by Gasteiger charge is -2.16. The van der Waals surface area contributed by atoms with E-state index < -0.39 is 6.10 Å². The molecule has 0 aromatic carbocycles. The fourth-order valence-electron chi connectivity index (χ4n) is 2.87. The Hall–Kier alpha value is -2.32. The number of rotatable bonds is 6. The summed E-state index contributed by atoms with van der Waals surface area (Å²) >= 11 is 0. The Morgan fingerprint density at radius 1 is 1.31 bits per heavy atom. The van der Waals surface area contributed by atoms with Gasteiger partial charge in [0.05, 0.1) is 18.4 Å². The van der Waals surface area contributed by atoms with Gasteiger partial charge >= 0.3 is 0 Å². The molecule has 0 saturated carbocycles. The fraction of sp³-hybridized carbons (Fsp3) is 0.556. The first kappa shape index (κ1) is 18.5. The molecule has 2 atom stereocenters.